The highest BCUT2D eigenvalue weighted by molar-refractivity contribution is 5.13. The van der Waals surface area contributed by atoms with Crippen molar-refractivity contribution in [2.75, 3.05) is 47.4 Å². The van der Waals surface area contributed by atoms with Gasteiger partial charge in [0.05, 0.1) is 6.61 Å². The maximum atomic E-state index is 5.23. The first-order valence-electron chi connectivity index (χ1n) is 5.08. The van der Waals surface area contributed by atoms with Gasteiger partial charge in [-0.15, -0.1) is 0 Å². The minimum absolute atomic E-state index is 0.461. The lowest BCUT2D eigenvalue weighted by atomic mass is 10.1. The van der Waals surface area contributed by atoms with Gasteiger partial charge < -0.3 is 9.64 Å². The molecule has 2 atom stereocenters. The molecule has 0 bridgehead atoms. The Hall–Kier alpha value is -0.120. The summed E-state index contributed by atoms with van der Waals surface area (Å²) in [6.45, 7) is 4.56. The Morgan fingerprint density at radius 2 is 2.15 bits per heavy atom. The summed E-state index contributed by atoms with van der Waals surface area (Å²) in [5, 5.41) is 0. The molecule has 2 unspecified atom stereocenters. The Balaban J connectivity index is 1.97. The second-order valence-electron chi connectivity index (χ2n) is 4.62. The summed E-state index contributed by atoms with van der Waals surface area (Å²) in [6, 6.07) is 0. The molecule has 2 rings (SSSR count). The highest BCUT2D eigenvalue weighted by Crippen LogP contribution is 2.49. The van der Waals surface area contributed by atoms with E-state index in [1.165, 1.54) is 26.1 Å². The molecule has 0 aromatic rings. The van der Waals surface area contributed by atoms with Crippen LogP contribution in [0.15, 0.2) is 0 Å². The van der Waals surface area contributed by atoms with E-state index in [4.69, 9.17) is 4.74 Å². The zero-order valence-corrected chi connectivity index (χ0v) is 8.92. The smallest absolute Gasteiger partial charge is 0.0509 e. The molecule has 1 aliphatic heterocycles. The van der Waals surface area contributed by atoms with Crippen molar-refractivity contribution in [1.29, 1.82) is 0 Å². The third kappa shape index (κ3) is 1.49. The molecule has 2 fully saturated rings. The molecular weight excluding hydrogens is 164 g/mol. The molecule has 0 radical (unpaired) electrons. The molecule has 1 saturated heterocycles. The van der Waals surface area contributed by atoms with Gasteiger partial charge in [0.15, 0.2) is 0 Å². The van der Waals surface area contributed by atoms with Crippen molar-refractivity contribution in [3.63, 3.8) is 0 Å². The van der Waals surface area contributed by atoms with Crippen LogP contribution in [0.2, 0.25) is 0 Å². The molecule has 1 saturated carbocycles. The summed E-state index contributed by atoms with van der Waals surface area (Å²) in [4.78, 5) is 4.96. The minimum atomic E-state index is 0.461. The largest absolute Gasteiger partial charge is 0.384 e. The van der Waals surface area contributed by atoms with Crippen LogP contribution in [0.1, 0.15) is 6.42 Å². The van der Waals surface area contributed by atoms with Gasteiger partial charge in [-0.05, 0) is 20.5 Å². The summed E-state index contributed by atoms with van der Waals surface area (Å²) < 4.78 is 5.23. The van der Waals surface area contributed by atoms with E-state index in [1.54, 1.807) is 7.11 Å². The van der Waals surface area contributed by atoms with E-state index in [1.807, 2.05) is 0 Å². The van der Waals surface area contributed by atoms with E-state index in [2.05, 4.69) is 23.9 Å². The molecule has 0 N–H and O–H groups in total. The quantitative estimate of drug-likeness (QED) is 0.612. The van der Waals surface area contributed by atoms with Crippen molar-refractivity contribution in [2.24, 2.45) is 5.92 Å². The van der Waals surface area contributed by atoms with E-state index in [9.17, 15) is 0 Å². The number of ether oxygens (including phenoxy) is 1. The van der Waals surface area contributed by atoms with E-state index >= 15 is 0 Å². The average molecular weight is 184 g/mol. The Morgan fingerprint density at radius 1 is 1.38 bits per heavy atom. The van der Waals surface area contributed by atoms with Gasteiger partial charge in [0, 0.05) is 38.2 Å². The molecule has 1 heterocycles. The van der Waals surface area contributed by atoms with Gasteiger partial charge in [0.25, 0.3) is 0 Å². The van der Waals surface area contributed by atoms with Gasteiger partial charge in [0.1, 0.15) is 0 Å². The average Bonchev–Trinajstić information content (AvgIpc) is 2.74. The number of rotatable bonds is 2. The molecule has 3 heteroatoms. The van der Waals surface area contributed by atoms with Crippen LogP contribution in [0.3, 0.4) is 0 Å². The second-order valence-corrected chi connectivity index (χ2v) is 4.62. The van der Waals surface area contributed by atoms with Gasteiger partial charge in [-0.25, -0.2) is 0 Å². The van der Waals surface area contributed by atoms with E-state index in [0.29, 0.717) is 5.54 Å². The number of hydrogen-bond donors (Lipinski definition) is 0. The van der Waals surface area contributed by atoms with Gasteiger partial charge in [-0.2, -0.15) is 0 Å². The van der Waals surface area contributed by atoms with Crippen LogP contribution in [0.4, 0.5) is 0 Å². The normalized spacial score (nSPS) is 41.3. The fourth-order valence-electron chi connectivity index (χ4n) is 2.65. The van der Waals surface area contributed by atoms with Crippen LogP contribution in [0.5, 0.6) is 0 Å². The Morgan fingerprint density at radius 3 is 2.85 bits per heavy atom. The van der Waals surface area contributed by atoms with Crippen LogP contribution in [0, 0.1) is 5.92 Å². The van der Waals surface area contributed by atoms with E-state index in [-0.39, 0.29) is 0 Å². The van der Waals surface area contributed by atoms with Gasteiger partial charge >= 0.3 is 0 Å². The number of nitrogens with zero attached hydrogens (tertiary/aromatic N) is 2. The standard InChI is InChI=1S/C10H20N2O/c1-11-4-5-12(2)10(8-11)6-9(10)7-13-3/h9H,4-8H2,1-3H3. The predicted molar refractivity (Wildman–Crippen MR) is 52.8 cm³/mol. The predicted octanol–water partition coefficient (Wildman–Crippen LogP) is 0.269. The zero-order chi connectivity index (χ0) is 9.47. The summed E-state index contributed by atoms with van der Waals surface area (Å²) >= 11 is 0. The van der Waals surface area contributed by atoms with E-state index < -0.39 is 0 Å². The lowest BCUT2D eigenvalue weighted by molar-refractivity contribution is 0.0705. The third-order valence-corrected chi connectivity index (χ3v) is 3.69. The molecule has 1 spiro atoms. The number of hydrogen-bond acceptors (Lipinski definition) is 3. The molecule has 0 aromatic heterocycles. The van der Waals surface area contributed by atoms with Crippen LogP contribution in [-0.4, -0.2) is 62.8 Å². The maximum Gasteiger partial charge on any atom is 0.0509 e. The maximum absolute atomic E-state index is 5.23. The fraction of sp³-hybridized carbons (Fsp3) is 1.00. The summed E-state index contributed by atoms with van der Waals surface area (Å²) in [6.07, 6.45) is 1.32. The van der Waals surface area contributed by atoms with Crippen molar-refractivity contribution in [2.45, 2.75) is 12.0 Å². The number of piperazine rings is 1. The lowest BCUT2D eigenvalue weighted by Crippen LogP contribution is -2.53. The Labute approximate surface area is 80.6 Å². The molecule has 0 aromatic carbocycles. The van der Waals surface area contributed by atoms with E-state index in [0.717, 1.165) is 12.5 Å². The summed E-state index contributed by atoms with van der Waals surface area (Å²) in [5.74, 6) is 0.769. The molecule has 13 heavy (non-hydrogen) atoms. The first-order valence-corrected chi connectivity index (χ1v) is 5.08. The van der Waals surface area contributed by atoms with Crippen molar-refractivity contribution in [1.82, 2.24) is 9.80 Å². The van der Waals surface area contributed by atoms with Gasteiger partial charge in [-0.1, -0.05) is 0 Å². The monoisotopic (exact) mass is 184 g/mol. The van der Waals surface area contributed by atoms with Crippen molar-refractivity contribution >= 4 is 0 Å². The molecule has 2 aliphatic rings. The topological polar surface area (TPSA) is 15.7 Å². The molecule has 76 valence electrons. The number of likely N-dealkylation sites (N-methyl/N-ethyl adjacent to an activating group) is 2. The highest BCUT2D eigenvalue weighted by Gasteiger charge is 2.58. The highest BCUT2D eigenvalue weighted by atomic mass is 16.5. The molecule has 0 amide bonds. The van der Waals surface area contributed by atoms with Crippen molar-refractivity contribution < 1.29 is 4.74 Å². The summed E-state index contributed by atoms with van der Waals surface area (Å²) in [5.41, 5.74) is 0.461. The summed E-state index contributed by atoms with van der Waals surface area (Å²) in [7, 11) is 6.28. The first kappa shape index (κ1) is 9.44. The Bertz CT molecular complexity index is 197. The fourth-order valence-corrected chi connectivity index (χ4v) is 2.65. The van der Waals surface area contributed by atoms with Crippen molar-refractivity contribution in [3.8, 4) is 0 Å². The molecular formula is C10H20N2O. The third-order valence-electron chi connectivity index (χ3n) is 3.69. The second kappa shape index (κ2) is 3.23. The van der Waals surface area contributed by atoms with Gasteiger partial charge in [-0.3, -0.25) is 4.90 Å². The lowest BCUT2D eigenvalue weighted by Gasteiger charge is -2.39. The van der Waals surface area contributed by atoms with Crippen molar-refractivity contribution in [3.05, 3.63) is 0 Å². The molecule has 3 nitrogen and oxygen atoms in total. The Kier molecular flexibility index (Phi) is 2.34. The van der Waals surface area contributed by atoms with Crippen LogP contribution < -0.4 is 0 Å². The van der Waals surface area contributed by atoms with Crippen LogP contribution in [0.25, 0.3) is 0 Å². The van der Waals surface area contributed by atoms with Gasteiger partial charge in [0.2, 0.25) is 0 Å². The van der Waals surface area contributed by atoms with Crippen LogP contribution >= 0.6 is 0 Å². The van der Waals surface area contributed by atoms with Crippen LogP contribution in [-0.2, 0) is 4.74 Å². The zero-order valence-electron chi connectivity index (χ0n) is 8.92. The number of methoxy groups -OCH3 is 1. The SMILES string of the molecule is COCC1CC12CN(C)CCN2C. The first-order chi connectivity index (χ1) is 6.19. The molecule has 1 aliphatic carbocycles. The minimum Gasteiger partial charge on any atom is -0.384 e.